The molecule has 0 radical (unpaired) electrons. The molecule has 3 aliphatic heterocycles. The number of amides is 1. The number of piperidine rings is 1. The van der Waals surface area contributed by atoms with Gasteiger partial charge in [-0.2, -0.15) is 0 Å². The molecule has 2 fully saturated rings. The number of hydrogen-bond acceptors (Lipinski definition) is 4. The van der Waals surface area contributed by atoms with Gasteiger partial charge in [0.2, 0.25) is 0 Å². The number of hydrogen-bond donors (Lipinski definition) is 0. The van der Waals surface area contributed by atoms with Gasteiger partial charge in [0, 0.05) is 44.7 Å². The first-order valence-electron chi connectivity index (χ1n) is 7.80. The Morgan fingerprint density at radius 1 is 1.14 bits per heavy atom. The van der Waals surface area contributed by atoms with Crippen molar-refractivity contribution in [3.05, 3.63) is 36.0 Å². The van der Waals surface area contributed by atoms with E-state index in [1.807, 2.05) is 37.5 Å². The number of rotatable bonds is 1. The average Bonchev–Trinajstić information content (AvgIpc) is 3.09. The molecule has 3 aliphatic rings. The quantitative estimate of drug-likeness (QED) is 0.742. The monoisotopic (exact) mass is 300 g/mol. The minimum Gasteiger partial charge on any atom is -0.376 e. The Morgan fingerprint density at radius 3 is 2.55 bits per heavy atom. The molecule has 1 aromatic rings. The number of anilines is 1. The number of nitrogens with zero attached hydrogens (tertiary/aromatic N) is 2. The van der Waals surface area contributed by atoms with Gasteiger partial charge >= 0.3 is 0 Å². The van der Waals surface area contributed by atoms with Crippen LogP contribution in [0.3, 0.4) is 0 Å². The van der Waals surface area contributed by atoms with E-state index in [9.17, 15) is 4.79 Å². The number of likely N-dealkylation sites (N-methyl/N-ethyl adjacent to an activating group) is 1. The van der Waals surface area contributed by atoms with Crippen LogP contribution in [0.2, 0.25) is 0 Å². The highest BCUT2D eigenvalue weighted by molar-refractivity contribution is 6.32. The fourth-order valence-corrected chi connectivity index (χ4v) is 3.49. The predicted molar refractivity (Wildman–Crippen MR) is 83.3 cm³/mol. The average molecular weight is 300 g/mol. The van der Waals surface area contributed by atoms with Gasteiger partial charge in [0.15, 0.2) is 5.79 Å². The van der Waals surface area contributed by atoms with Gasteiger partial charge in [-0.1, -0.05) is 18.2 Å². The van der Waals surface area contributed by atoms with Crippen LogP contribution in [0.25, 0.3) is 5.57 Å². The van der Waals surface area contributed by atoms with Crippen molar-refractivity contribution in [3.63, 3.8) is 0 Å². The summed E-state index contributed by atoms with van der Waals surface area (Å²) in [5.41, 5.74) is 2.78. The summed E-state index contributed by atoms with van der Waals surface area (Å²) in [6, 6.07) is 7.94. The van der Waals surface area contributed by atoms with Crippen molar-refractivity contribution >= 4 is 17.2 Å². The van der Waals surface area contributed by atoms with E-state index in [0.29, 0.717) is 13.2 Å². The van der Waals surface area contributed by atoms with Gasteiger partial charge in [-0.05, 0) is 6.07 Å². The van der Waals surface area contributed by atoms with E-state index < -0.39 is 0 Å². The minimum absolute atomic E-state index is 0.0647. The number of carbonyl (C=O) groups excluding carboxylic acids is 1. The third-order valence-electron chi connectivity index (χ3n) is 4.78. The van der Waals surface area contributed by atoms with E-state index in [1.165, 1.54) is 0 Å². The third kappa shape index (κ3) is 2.12. The molecule has 0 atom stereocenters. The Morgan fingerprint density at radius 2 is 1.82 bits per heavy atom. The Balaban J connectivity index is 1.55. The molecule has 5 heteroatoms. The van der Waals surface area contributed by atoms with Crippen molar-refractivity contribution in [1.29, 1.82) is 0 Å². The second-order valence-corrected chi connectivity index (χ2v) is 6.07. The third-order valence-corrected chi connectivity index (χ3v) is 4.78. The summed E-state index contributed by atoms with van der Waals surface area (Å²) in [6.07, 6.45) is 3.71. The Hall–Kier alpha value is -1.85. The van der Waals surface area contributed by atoms with Crippen molar-refractivity contribution in [2.75, 3.05) is 38.3 Å². The zero-order valence-electron chi connectivity index (χ0n) is 12.7. The van der Waals surface area contributed by atoms with Crippen LogP contribution in [0.5, 0.6) is 0 Å². The summed E-state index contributed by atoms with van der Waals surface area (Å²) in [4.78, 5) is 16.4. The molecule has 0 aliphatic carbocycles. The number of benzene rings is 1. The Labute approximate surface area is 130 Å². The summed E-state index contributed by atoms with van der Waals surface area (Å²) in [5, 5.41) is 0. The van der Waals surface area contributed by atoms with Crippen molar-refractivity contribution < 1.29 is 14.3 Å². The molecule has 0 saturated carbocycles. The van der Waals surface area contributed by atoms with E-state index in [1.54, 1.807) is 4.90 Å². The van der Waals surface area contributed by atoms with Crippen LogP contribution in [0.15, 0.2) is 30.5 Å². The summed E-state index contributed by atoms with van der Waals surface area (Å²) < 4.78 is 11.5. The van der Waals surface area contributed by atoms with Crippen molar-refractivity contribution in [3.8, 4) is 0 Å². The summed E-state index contributed by atoms with van der Waals surface area (Å²) >= 11 is 0. The fraction of sp³-hybridized carbons (Fsp3) is 0.471. The number of likely N-dealkylation sites (tertiary alicyclic amines) is 1. The maximum Gasteiger partial charge on any atom is 0.260 e. The molecule has 116 valence electrons. The first kappa shape index (κ1) is 13.8. The number of fused-ring (bicyclic) bond motifs is 1. The molecule has 3 heterocycles. The fourth-order valence-electron chi connectivity index (χ4n) is 3.49. The Bertz CT molecular complexity index is 625. The van der Waals surface area contributed by atoms with Gasteiger partial charge < -0.3 is 19.3 Å². The van der Waals surface area contributed by atoms with Crippen LogP contribution in [-0.2, 0) is 14.3 Å². The molecule has 0 aromatic heterocycles. The molecule has 0 bridgehead atoms. The molecule has 0 unspecified atom stereocenters. The molecule has 1 aromatic carbocycles. The van der Waals surface area contributed by atoms with E-state index in [0.717, 1.165) is 42.8 Å². The second-order valence-electron chi connectivity index (χ2n) is 6.07. The van der Waals surface area contributed by atoms with Gasteiger partial charge in [0.25, 0.3) is 5.91 Å². The highest BCUT2D eigenvalue weighted by Crippen LogP contribution is 2.37. The molecule has 1 amide bonds. The zero-order valence-corrected chi connectivity index (χ0v) is 12.7. The first-order valence-corrected chi connectivity index (χ1v) is 7.80. The minimum atomic E-state index is -0.372. The first-order chi connectivity index (χ1) is 10.7. The lowest BCUT2D eigenvalue weighted by Crippen LogP contribution is -2.43. The number of para-hydroxylation sites is 1. The number of ether oxygens (including phenoxy) is 2. The van der Waals surface area contributed by atoms with Gasteiger partial charge in [-0.15, -0.1) is 0 Å². The normalized spacial score (nSPS) is 25.3. The van der Waals surface area contributed by atoms with Gasteiger partial charge in [-0.3, -0.25) is 4.79 Å². The summed E-state index contributed by atoms with van der Waals surface area (Å²) in [5.74, 6) is -0.307. The maximum atomic E-state index is 12.5. The smallest absolute Gasteiger partial charge is 0.260 e. The molecular formula is C17H20N2O3. The van der Waals surface area contributed by atoms with E-state index in [-0.39, 0.29) is 11.7 Å². The van der Waals surface area contributed by atoms with Gasteiger partial charge in [0.05, 0.1) is 24.5 Å². The molecule has 5 nitrogen and oxygen atoms in total. The van der Waals surface area contributed by atoms with E-state index in [4.69, 9.17) is 9.47 Å². The second kappa shape index (κ2) is 5.11. The molecule has 2 saturated heterocycles. The molecule has 0 N–H and O–H groups in total. The largest absolute Gasteiger partial charge is 0.376 e. The van der Waals surface area contributed by atoms with Crippen LogP contribution in [0.1, 0.15) is 18.4 Å². The zero-order chi connectivity index (χ0) is 15.2. The standard InChI is InChI=1S/C17H20N2O3/c1-18-15-5-3-2-4-13(15)14(16(18)20)12-19-8-6-17(7-9-19)21-10-11-22-17/h2-5,12H,6-11H2,1H3/b14-12-. The topological polar surface area (TPSA) is 42.0 Å². The van der Waals surface area contributed by atoms with Crippen LogP contribution >= 0.6 is 0 Å². The molecule has 4 rings (SSSR count). The van der Waals surface area contributed by atoms with Crippen LogP contribution in [0.4, 0.5) is 5.69 Å². The molecular weight excluding hydrogens is 280 g/mol. The highest BCUT2D eigenvalue weighted by Gasteiger charge is 2.39. The van der Waals surface area contributed by atoms with Crippen molar-refractivity contribution in [2.45, 2.75) is 18.6 Å². The molecule has 1 spiro atoms. The lowest BCUT2D eigenvalue weighted by Gasteiger charge is -2.37. The maximum absolute atomic E-state index is 12.5. The SMILES string of the molecule is CN1C(=O)/C(=C\N2CCC3(CC2)OCCO3)c2ccccc21. The van der Waals surface area contributed by atoms with Gasteiger partial charge in [0.1, 0.15) is 0 Å². The van der Waals surface area contributed by atoms with E-state index in [2.05, 4.69) is 4.90 Å². The Kier molecular flexibility index (Phi) is 3.20. The predicted octanol–water partition coefficient (Wildman–Crippen LogP) is 1.84. The van der Waals surface area contributed by atoms with Crippen molar-refractivity contribution in [1.82, 2.24) is 4.90 Å². The van der Waals surface area contributed by atoms with Crippen LogP contribution in [0, 0.1) is 0 Å². The lowest BCUT2D eigenvalue weighted by atomic mass is 10.0. The number of carbonyl (C=O) groups is 1. The summed E-state index contributed by atoms with van der Waals surface area (Å²) in [6.45, 7) is 3.08. The van der Waals surface area contributed by atoms with E-state index >= 15 is 0 Å². The lowest BCUT2D eigenvalue weighted by molar-refractivity contribution is -0.181. The highest BCUT2D eigenvalue weighted by atomic mass is 16.7. The van der Waals surface area contributed by atoms with Crippen LogP contribution < -0.4 is 4.90 Å². The van der Waals surface area contributed by atoms with Crippen molar-refractivity contribution in [2.24, 2.45) is 0 Å². The van der Waals surface area contributed by atoms with Crippen LogP contribution in [-0.4, -0.2) is 49.9 Å². The molecule has 22 heavy (non-hydrogen) atoms. The van der Waals surface area contributed by atoms with Gasteiger partial charge in [-0.25, -0.2) is 0 Å². The summed E-state index contributed by atoms with van der Waals surface area (Å²) in [7, 11) is 1.83.